The fourth-order valence-corrected chi connectivity index (χ4v) is 2.43. The Hall–Kier alpha value is -0.860. The smallest absolute Gasteiger partial charge is 0.308 e. The molecule has 1 aliphatic carbocycles. The molecule has 0 N–H and O–H groups in total. The number of unbranched alkanes of at least 4 members (excludes halogenated alkanes) is 3. The van der Waals surface area contributed by atoms with Gasteiger partial charge in [0.2, 0.25) is 0 Å². The second-order valence-electron chi connectivity index (χ2n) is 5.41. The summed E-state index contributed by atoms with van der Waals surface area (Å²) in [5.41, 5.74) is 0. The molecule has 0 radical (unpaired) electrons. The van der Waals surface area contributed by atoms with Crippen molar-refractivity contribution in [2.24, 2.45) is 16.8 Å². The summed E-state index contributed by atoms with van der Waals surface area (Å²) in [5, 5.41) is 0. The first-order chi connectivity index (χ1) is 8.74. The molecule has 1 saturated carbocycles. The summed E-state index contributed by atoms with van der Waals surface area (Å²) in [6, 6.07) is 0. The molecule has 0 aromatic carbocycles. The predicted molar refractivity (Wildman–Crippen MR) is 75.0 cm³/mol. The number of hydrogen-bond acceptors (Lipinski definition) is 3. The van der Waals surface area contributed by atoms with Crippen molar-refractivity contribution in [3.8, 4) is 0 Å². The SMILES string of the molecule is CN=CCCCCCOC(=O)C1CCC(C)CC1. The van der Waals surface area contributed by atoms with Crippen LogP contribution in [-0.4, -0.2) is 25.8 Å². The van der Waals surface area contributed by atoms with E-state index < -0.39 is 0 Å². The van der Waals surface area contributed by atoms with E-state index in [0.29, 0.717) is 6.61 Å². The first-order valence-corrected chi connectivity index (χ1v) is 7.31. The van der Waals surface area contributed by atoms with Crippen molar-refractivity contribution in [1.29, 1.82) is 0 Å². The van der Waals surface area contributed by atoms with Crippen LogP contribution >= 0.6 is 0 Å². The summed E-state index contributed by atoms with van der Waals surface area (Å²) in [7, 11) is 1.80. The van der Waals surface area contributed by atoms with Gasteiger partial charge in [-0.25, -0.2) is 0 Å². The minimum Gasteiger partial charge on any atom is -0.465 e. The molecule has 18 heavy (non-hydrogen) atoms. The number of rotatable bonds is 7. The largest absolute Gasteiger partial charge is 0.465 e. The molecule has 1 rings (SSSR count). The Labute approximate surface area is 111 Å². The van der Waals surface area contributed by atoms with Crippen LogP contribution in [0.3, 0.4) is 0 Å². The third-order valence-corrected chi connectivity index (χ3v) is 3.75. The van der Waals surface area contributed by atoms with Gasteiger partial charge in [-0.05, 0) is 63.5 Å². The second-order valence-corrected chi connectivity index (χ2v) is 5.41. The molecule has 0 aromatic rings. The third-order valence-electron chi connectivity index (χ3n) is 3.75. The van der Waals surface area contributed by atoms with Gasteiger partial charge in [0.25, 0.3) is 0 Å². The fourth-order valence-electron chi connectivity index (χ4n) is 2.43. The fraction of sp³-hybridized carbons (Fsp3) is 0.867. The summed E-state index contributed by atoms with van der Waals surface area (Å²) >= 11 is 0. The van der Waals surface area contributed by atoms with E-state index in [-0.39, 0.29) is 11.9 Å². The predicted octanol–water partition coefficient (Wildman–Crippen LogP) is 3.62. The van der Waals surface area contributed by atoms with Gasteiger partial charge in [-0.15, -0.1) is 0 Å². The normalized spacial score (nSPS) is 24.3. The van der Waals surface area contributed by atoms with E-state index in [1.54, 1.807) is 7.05 Å². The van der Waals surface area contributed by atoms with Gasteiger partial charge in [0.15, 0.2) is 0 Å². The molecular formula is C15H27NO2. The van der Waals surface area contributed by atoms with Gasteiger partial charge in [-0.3, -0.25) is 4.79 Å². The van der Waals surface area contributed by atoms with Crippen molar-refractivity contribution >= 4 is 12.2 Å². The number of aliphatic imine (C=N–C) groups is 1. The van der Waals surface area contributed by atoms with Crippen LogP contribution in [0.5, 0.6) is 0 Å². The highest BCUT2D eigenvalue weighted by molar-refractivity contribution is 5.72. The van der Waals surface area contributed by atoms with Crippen LogP contribution in [0.4, 0.5) is 0 Å². The maximum Gasteiger partial charge on any atom is 0.308 e. The molecule has 0 heterocycles. The van der Waals surface area contributed by atoms with Crippen molar-refractivity contribution in [2.45, 2.75) is 58.3 Å². The highest BCUT2D eigenvalue weighted by Crippen LogP contribution is 2.29. The summed E-state index contributed by atoms with van der Waals surface area (Å²) in [5.74, 6) is 1.000. The van der Waals surface area contributed by atoms with E-state index in [0.717, 1.165) is 44.4 Å². The number of esters is 1. The highest BCUT2D eigenvalue weighted by atomic mass is 16.5. The lowest BCUT2D eigenvalue weighted by Gasteiger charge is -2.24. The average molecular weight is 253 g/mol. The van der Waals surface area contributed by atoms with Crippen LogP contribution in [-0.2, 0) is 9.53 Å². The molecule has 0 aromatic heterocycles. The number of hydrogen-bond donors (Lipinski definition) is 0. The zero-order chi connectivity index (χ0) is 13.2. The zero-order valence-electron chi connectivity index (χ0n) is 11.9. The molecule has 3 heteroatoms. The Kier molecular flexibility index (Phi) is 7.70. The molecule has 0 unspecified atom stereocenters. The van der Waals surface area contributed by atoms with Gasteiger partial charge >= 0.3 is 5.97 Å². The molecule has 3 nitrogen and oxygen atoms in total. The minimum absolute atomic E-state index is 0.0389. The third kappa shape index (κ3) is 6.18. The van der Waals surface area contributed by atoms with Crippen LogP contribution in [0.25, 0.3) is 0 Å². The van der Waals surface area contributed by atoms with Gasteiger partial charge in [0.05, 0.1) is 12.5 Å². The van der Waals surface area contributed by atoms with Gasteiger partial charge in [-0.1, -0.05) is 6.92 Å². The number of ether oxygens (including phenoxy) is 1. The van der Waals surface area contributed by atoms with Gasteiger partial charge in [-0.2, -0.15) is 0 Å². The van der Waals surface area contributed by atoms with Crippen molar-refractivity contribution < 1.29 is 9.53 Å². The van der Waals surface area contributed by atoms with Crippen LogP contribution in [0.15, 0.2) is 4.99 Å². The first-order valence-electron chi connectivity index (χ1n) is 7.31. The van der Waals surface area contributed by atoms with Crippen molar-refractivity contribution in [2.75, 3.05) is 13.7 Å². The van der Waals surface area contributed by atoms with Crippen LogP contribution < -0.4 is 0 Å². The summed E-state index contributed by atoms with van der Waals surface area (Å²) < 4.78 is 5.35. The summed E-state index contributed by atoms with van der Waals surface area (Å²) in [6.45, 7) is 2.86. The van der Waals surface area contributed by atoms with Gasteiger partial charge < -0.3 is 9.73 Å². The summed E-state index contributed by atoms with van der Waals surface area (Å²) in [4.78, 5) is 15.7. The molecule has 0 atom stereocenters. The quantitative estimate of drug-likeness (QED) is 0.395. The Morgan fingerprint density at radius 2 is 1.94 bits per heavy atom. The number of carbonyl (C=O) groups excluding carboxylic acids is 1. The van der Waals surface area contributed by atoms with Gasteiger partial charge in [0, 0.05) is 7.05 Å². The van der Waals surface area contributed by atoms with Crippen molar-refractivity contribution in [3.63, 3.8) is 0 Å². The lowest BCUT2D eigenvalue weighted by molar-refractivity contribution is -0.150. The molecule has 1 aliphatic rings. The average Bonchev–Trinajstić information content (AvgIpc) is 2.38. The molecular weight excluding hydrogens is 226 g/mol. The minimum atomic E-state index is 0.0389. The Morgan fingerprint density at radius 3 is 2.61 bits per heavy atom. The molecule has 0 saturated heterocycles. The van der Waals surface area contributed by atoms with E-state index in [4.69, 9.17) is 4.74 Å². The van der Waals surface area contributed by atoms with Crippen molar-refractivity contribution in [1.82, 2.24) is 0 Å². The van der Waals surface area contributed by atoms with E-state index in [2.05, 4.69) is 11.9 Å². The first kappa shape index (κ1) is 15.2. The lowest BCUT2D eigenvalue weighted by atomic mass is 9.83. The molecule has 0 amide bonds. The molecule has 104 valence electrons. The van der Waals surface area contributed by atoms with E-state index >= 15 is 0 Å². The van der Waals surface area contributed by atoms with Crippen LogP contribution in [0.1, 0.15) is 58.3 Å². The van der Waals surface area contributed by atoms with Gasteiger partial charge in [0.1, 0.15) is 0 Å². The molecule has 0 spiro atoms. The highest BCUT2D eigenvalue weighted by Gasteiger charge is 2.25. The molecule has 1 fully saturated rings. The Morgan fingerprint density at radius 1 is 1.22 bits per heavy atom. The number of nitrogens with zero attached hydrogens (tertiary/aromatic N) is 1. The maximum absolute atomic E-state index is 11.8. The topological polar surface area (TPSA) is 38.7 Å². The zero-order valence-corrected chi connectivity index (χ0v) is 11.9. The Balaban J connectivity index is 2.00. The summed E-state index contributed by atoms with van der Waals surface area (Å²) in [6.07, 6.45) is 10.6. The molecule has 0 aliphatic heterocycles. The number of carbonyl (C=O) groups is 1. The lowest BCUT2D eigenvalue weighted by Crippen LogP contribution is -2.23. The monoisotopic (exact) mass is 253 g/mol. The van der Waals surface area contributed by atoms with Crippen LogP contribution in [0, 0.1) is 11.8 Å². The maximum atomic E-state index is 11.8. The Bertz CT molecular complexity index is 255. The van der Waals surface area contributed by atoms with E-state index in [1.165, 1.54) is 12.8 Å². The van der Waals surface area contributed by atoms with Crippen molar-refractivity contribution in [3.05, 3.63) is 0 Å². The molecule has 0 bridgehead atoms. The van der Waals surface area contributed by atoms with E-state index in [1.807, 2.05) is 6.21 Å². The van der Waals surface area contributed by atoms with Crippen LogP contribution in [0.2, 0.25) is 0 Å². The second kappa shape index (κ2) is 9.12. The van der Waals surface area contributed by atoms with E-state index in [9.17, 15) is 4.79 Å². The standard InChI is InChI=1S/C15H27NO2/c1-13-7-9-14(10-8-13)15(17)18-12-6-4-3-5-11-16-2/h11,13-14H,3-10,12H2,1-2H3.